The van der Waals surface area contributed by atoms with Crippen molar-refractivity contribution in [2.45, 2.75) is 38.6 Å². The molecule has 4 heteroatoms. The van der Waals surface area contributed by atoms with Crippen molar-refractivity contribution >= 4 is 11.6 Å². The summed E-state index contributed by atoms with van der Waals surface area (Å²) in [7, 11) is 0. The number of hydrogen-bond donors (Lipinski definition) is 1. The van der Waals surface area contributed by atoms with Crippen molar-refractivity contribution in [3.05, 3.63) is 28.8 Å². The summed E-state index contributed by atoms with van der Waals surface area (Å²) in [5, 5.41) is 0.685. The predicted molar refractivity (Wildman–Crippen MR) is 84.6 cm³/mol. The highest BCUT2D eigenvalue weighted by molar-refractivity contribution is 6.32. The highest BCUT2D eigenvalue weighted by Gasteiger charge is 2.12. The van der Waals surface area contributed by atoms with E-state index < -0.39 is 0 Å². The number of halogens is 1. The number of hydrogen-bond acceptors (Lipinski definition) is 3. The average molecular weight is 297 g/mol. The molecule has 0 spiro atoms. The topological polar surface area (TPSA) is 38.5 Å². The van der Waals surface area contributed by atoms with Crippen LogP contribution in [0, 0.1) is 0 Å². The molecule has 0 aromatic heterocycles. The maximum Gasteiger partial charge on any atom is 0.141 e. The predicted octanol–water partition coefficient (Wildman–Crippen LogP) is 3.09. The van der Waals surface area contributed by atoms with Crippen molar-refractivity contribution in [2.75, 3.05) is 26.2 Å². The Kier molecular flexibility index (Phi) is 6.14. The van der Waals surface area contributed by atoms with Gasteiger partial charge < -0.3 is 15.4 Å². The molecule has 1 fully saturated rings. The monoisotopic (exact) mass is 296 g/mol. The Morgan fingerprint density at radius 3 is 2.80 bits per heavy atom. The van der Waals surface area contributed by atoms with Gasteiger partial charge >= 0.3 is 0 Å². The lowest BCUT2D eigenvalue weighted by Crippen LogP contribution is -2.22. The maximum absolute atomic E-state index is 6.24. The molecule has 1 heterocycles. The van der Waals surface area contributed by atoms with E-state index in [2.05, 4.69) is 4.90 Å². The molecule has 1 aromatic carbocycles. The van der Waals surface area contributed by atoms with Crippen LogP contribution in [-0.4, -0.2) is 37.2 Å². The van der Waals surface area contributed by atoms with Crippen LogP contribution in [-0.2, 0) is 6.42 Å². The first-order chi connectivity index (χ1) is 9.66. The minimum Gasteiger partial charge on any atom is -0.492 e. The molecular weight excluding hydrogens is 272 g/mol. The van der Waals surface area contributed by atoms with Crippen LogP contribution in [0.1, 0.15) is 31.7 Å². The minimum atomic E-state index is 0.111. The molecule has 2 rings (SSSR count). The summed E-state index contributed by atoms with van der Waals surface area (Å²) in [6, 6.07) is 5.99. The summed E-state index contributed by atoms with van der Waals surface area (Å²) in [6.45, 7) is 6.31. The second-order valence-electron chi connectivity index (χ2n) is 5.66. The van der Waals surface area contributed by atoms with Crippen molar-refractivity contribution in [2.24, 2.45) is 5.73 Å². The van der Waals surface area contributed by atoms with Gasteiger partial charge in [-0.15, -0.1) is 0 Å². The van der Waals surface area contributed by atoms with E-state index in [9.17, 15) is 0 Å². The fraction of sp³-hybridized carbons (Fsp3) is 0.625. The van der Waals surface area contributed by atoms with Crippen LogP contribution < -0.4 is 10.5 Å². The number of rotatable bonds is 7. The Balaban J connectivity index is 1.84. The van der Waals surface area contributed by atoms with Crippen molar-refractivity contribution in [1.82, 2.24) is 4.90 Å². The molecule has 0 saturated carbocycles. The van der Waals surface area contributed by atoms with Gasteiger partial charge in [-0.1, -0.05) is 23.7 Å². The van der Waals surface area contributed by atoms with Gasteiger partial charge in [0.1, 0.15) is 5.75 Å². The van der Waals surface area contributed by atoms with Gasteiger partial charge in [0, 0.05) is 12.6 Å². The Morgan fingerprint density at radius 2 is 2.10 bits per heavy atom. The maximum atomic E-state index is 6.24. The Labute approximate surface area is 127 Å². The van der Waals surface area contributed by atoms with Crippen molar-refractivity contribution in [3.8, 4) is 5.75 Å². The number of likely N-dealkylation sites (tertiary alicyclic amines) is 1. The first-order valence-electron chi connectivity index (χ1n) is 7.55. The van der Waals surface area contributed by atoms with Gasteiger partial charge in [0.25, 0.3) is 0 Å². The largest absolute Gasteiger partial charge is 0.492 e. The Morgan fingerprint density at radius 1 is 1.35 bits per heavy atom. The molecule has 0 aliphatic carbocycles. The zero-order chi connectivity index (χ0) is 14.4. The summed E-state index contributed by atoms with van der Waals surface area (Å²) >= 11 is 6.24. The Bertz CT molecular complexity index is 417. The van der Waals surface area contributed by atoms with Crippen molar-refractivity contribution in [1.29, 1.82) is 0 Å². The molecular formula is C16H25ClN2O. The highest BCUT2D eigenvalue weighted by atomic mass is 35.5. The first-order valence-corrected chi connectivity index (χ1v) is 7.92. The van der Waals surface area contributed by atoms with Crippen LogP contribution in [0.5, 0.6) is 5.75 Å². The molecule has 0 bridgehead atoms. The second-order valence-corrected chi connectivity index (χ2v) is 6.07. The van der Waals surface area contributed by atoms with Crippen LogP contribution in [0.25, 0.3) is 0 Å². The molecule has 0 amide bonds. The normalized spacial score (nSPS) is 17.4. The lowest BCUT2D eigenvalue weighted by Gasteiger charge is -2.17. The molecule has 1 aliphatic rings. The number of ether oxygens (including phenoxy) is 1. The Hall–Kier alpha value is -0.770. The molecule has 1 saturated heterocycles. The minimum absolute atomic E-state index is 0.111. The third kappa shape index (κ3) is 4.65. The van der Waals surface area contributed by atoms with E-state index in [0.29, 0.717) is 11.6 Å². The number of nitrogens with two attached hydrogens (primary N) is 1. The first kappa shape index (κ1) is 15.6. The molecule has 112 valence electrons. The molecule has 0 radical (unpaired) electrons. The lowest BCUT2D eigenvalue weighted by atomic mass is 10.1. The molecule has 1 aliphatic heterocycles. The van der Waals surface area contributed by atoms with Crippen LogP contribution in [0.4, 0.5) is 0 Å². The van der Waals surface area contributed by atoms with E-state index in [-0.39, 0.29) is 6.04 Å². The fourth-order valence-electron chi connectivity index (χ4n) is 2.69. The van der Waals surface area contributed by atoms with Gasteiger partial charge in [0.05, 0.1) is 11.6 Å². The summed E-state index contributed by atoms with van der Waals surface area (Å²) in [4.78, 5) is 2.50. The summed E-state index contributed by atoms with van der Waals surface area (Å²) in [5.74, 6) is 0.813. The molecule has 1 unspecified atom stereocenters. The SMILES string of the molecule is CC(N)Cc1cccc(Cl)c1OCCCN1CCCC1. The van der Waals surface area contributed by atoms with Crippen molar-refractivity contribution in [3.63, 3.8) is 0 Å². The quantitative estimate of drug-likeness (QED) is 0.786. The van der Waals surface area contributed by atoms with E-state index in [1.165, 1.54) is 25.9 Å². The van der Waals surface area contributed by atoms with Gasteiger partial charge in [0.15, 0.2) is 0 Å². The van der Waals surface area contributed by atoms with Crippen LogP contribution >= 0.6 is 11.6 Å². The number of para-hydroxylation sites is 1. The molecule has 1 atom stereocenters. The van der Waals surface area contributed by atoms with Gasteiger partial charge in [-0.05, 0) is 57.3 Å². The van der Waals surface area contributed by atoms with Gasteiger partial charge in [-0.2, -0.15) is 0 Å². The molecule has 1 aromatic rings. The van der Waals surface area contributed by atoms with E-state index in [1.807, 2.05) is 25.1 Å². The summed E-state index contributed by atoms with van der Waals surface area (Å²) in [6.07, 6.45) is 4.51. The number of benzene rings is 1. The van der Waals surface area contributed by atoms with Gasteiger partial charge in [-0.25, -0.2) is 0 Å². The molecule has 3 nitrogen and oxygen atoms in total. The van der Waals surface area contributed by atoms with E-state index in [1.54, 1.807) is 0 Å². The summed E-state index contributed by atoms with van der Waals surface area (Å²) < 4.78 is 5.91. The van der Waals surface area contributed by atoms with E-state index in [0.717, 1.165) is 30.7 Å². The second kappa shape index (κ2) is 7.87. The van der Waals surface area contributed by atoms with Crippen LogP contribution in [0.15, 0.2) is 18.2 Å². The van der Waals surface area contributed by atoms with E-state index >= 15 is 0 Å². The van der Waals surface area contributed by atoms with Crippen LogP contribution in [0.3, 0.4) is 0 Å². The van der Waals surface area contributed by atoms with Gasteiger partial charge in [0.2, 0.25) is 0 Å². The number of nitrogens with zero attached hydrogens (tertiary/aromatic N) is 1. The standard InChI is InChI=1S/C16H25ClN2O/c1-13(18)12-14-6-4-7-15(17)16(14)20-11-5-10-19-8-2-3-9-19/h4,6-7,13H,2-3,5,8-12,18H2,1H3. The van der Waals surface area contributed by atoms with Gasteiger partial charge in [-0.3, -0.25) is 0 Å². The molecule has 2 N–H and O–H groups in total. The summed E-state index contributed by atoms with van der Waals surface area (Å²) in [5.41, 5.74) is 6.98. The molecule has 20 heavy (non-hydrogen) atoms. The zero-order valence-electron chi connectivity index (χ0n) is 12.3. The lowest BCUT2D eigenvalue weighted by molar-refractivity contribution is 0.261. The fourth-order valence-corrected chi connectivity index (χ4v) is 2.94. The average Bonchev–Trinajstić information content (AvgIpc) is 2.89. The van der Waals surface area contributed by atoms with Crippen molar-refractivity contribution < 1.29 is 4.74 Å². The third-order valence-electron chi connectivity index (χ3n) is 3.65. The van der Waals surface area contributed by atoms with Crippen LogP contribution in [0.2, 0.25) is 5.02 Å². The van der Waals surface area contributed by atoms with E-state index in [4.69, 9.17) is 22.1 Å². The smallest absolute Gasteiger partial charge is 0.141 e. The zero-order valence-corrected chi connectivity index (χ0v) is 13.0. The third-order valence-corrected chi connectivity index (χ3v) is 3.95. The highest BCUT2D eigenvalue weighted by Crippen LogP contribution is 2.29.